The van der Waals surface area contributed by atoms with Crippen LogP contribution >= 0.6 is 0 Å². The van der Waals surface area contributed by atoms with Crippen molar-refractivity contribution in [2.24, 2.45) is 0 Å². The van der Waals surface area contributed by atoms with Gasteiger partial charge in [-0.2, -0.15) is 0 Å². The summed E-state index contributed by atoms with van der Waals surface area (Å²) in [7, 11) is 0. The minimum Gasteiger partial charge on any atom is -0.457 e. The molecule has 0 atom stereocenters. The van der Waals surface area contributed by atoms with Crippen LogP contribution in [0, 0.1) is 13.8 Å². The molecule has 0 aliphatic heterocycles. The van der Waals surface area contributed by atoms with Crippen LogP contribution in [0.5, 0.6) is 11.5 Å². The Balaban J connectivity index is 2.25. The molecule has 2 rings (SSSR count). The third-order valence-corrected chi connectivity index (χ3v) is 3.10. The van der Waals surface area contributed by atoms with E-state index >= 15 is 0 Å². The Bertz CT molecular complexity index is 549. The molecule has 2 heteroatoms. The lowest BCUT2D eigenvalue weighted by molar-refractivity contribution is 0.469. The lowest BCUT2D eigenvalue weighted by atomic mass is 10.1. The van der Waals surface area contributed by atoms with Crippen LogP contribution in [-0.4, -0.2) is 6.54 Å². The molecule has 0 fully saturated rings. The monoisotopic (exact) mass is 255 g/mol. The minimum atomic E-state index is 0.831. The molecule has 2 aromatic carbocycles. The number of para-hydroxylation sites is 1. The van der Waals surface area contributed by atoms with Crippen molar-refractivity contribution in [3.63, 3.8) is 0 Å². The fourth-order valence-corrected chi connectivity index (χ4v) is 1.94. The molecule has 0 saturated heterocycles. The highest BCUT2D eigenvalue weighted by atomic mass is 16.5. The standard InChI is InChI=1S/C17H21NO/c1-4-18-12-15-7-5-6-8-16(15)19-17-11-13(2)9-10-14(17)3/h5-11,18H,4,12H2,1-3H3. The van der Waals surface area contributed by atoms with Gasteiger partial charge in [-0.15, -0.1) is 0 Å². The second-order valence-corrected chi connectivity index (χ2v) is 4.76. The quantitative estimate of drug-likeness (QED) is 0.864. The van der Waals surface area contributed by atoms with Crippen LogP contribution in [0.4, 0.5) is 0 Å². The molecule has 100 valence electrons. The van der Waals surface area contributed by atoms with E-state index in [0.29, 0.717) is 0 Å². The first-order valence-corrected chi connectivity index (χ1v) is 6.74. The van der Waals surface area contributed by atoms with E-state index in [1.165, 1.54) is 11.1 Å². The predicted octanol–water partition coefficient (Wildman–Crippen LogP) is 4.21. The number of ether oxygens (including phenoxy) is 1. The third kappa shape index (κ3) is 3.58. The summed E-state index contributed by atoms with van der Waals surface area (Å²) < 4.78 is 6.08. The van der Waals surface area contributed by atoms with Gasteiger partial charge in [-0.05, 0) is 43.7 Å². The molecule has 0 aliphatic rings. The first-order valence-electron chi connectivity index (χ1n) is 6.74. The van der Waals surface area contributed by atoms with Gasteiger partial charge in [0, 0.05) is 12.1 Å². The fraction of sp³-hybridized carbons (Fsp3) is 0.294. The van der Waals surface area contributed by atoms with Gasteiger partial charge in [-0.25, -0.2) is 0 Å². The molecule has 1 N–H and O–H groups in total. The zero-order valence-corrected chi connectivity index (χ0v) is 11.9. The molecule has 0 bridgehead atoms. The molecule has 0 heterocycles. The number of rotatable bonds is 5. The van der Waals surface area contributed by atoms with Crippen molar-refractivity contribution in [1.29, 1.82) is 0 Å². The maximum absolute atomic E-state index is 6.08. The van der Waals surface area contributed by atoms with Crippen molar-refractivity contribution in [1.82, 2.24) is 5.32 Å². The minimum absolute atomic E-state index is 0.831. The second-order valence-electron chi connectivity index (χ2n) is 4.76. The Labute approximate surface area is 115 Å². The van der Waals surface area contributed by atoms with E-state index in [-0.39, 0.29) is 0 Å². The zero-order chi connectivity index (χ0) is 13.7. The van der Waals surface area contributed by atoms with Gasteiger partial charge < -0.3 is 10.1 Å². The van der Waals surface area contributed by atoms with Crippen molar-refractivity contribution >= 4 is 0 Å². The smallest absolute Gasteiger partial charge is 0.131 e. The van der Waals surface area contributed by atoms with Gasteiger partial charge in [0.15, 0.2) is 0 Å². The van der Waals surface area contributed by atoms with Crippen LogP contribution in [0.1, 0.15) is 23.6 Å². The Kier molecular flexibility index (Phi) is 4.58. The predicted molar refractivity (Wildman–Crippen MR) is 79.8 cm³/mol. The van der Waals surface area contributed by atoms with Gasteiger partial charge in [-0.1, -0.05) is 37.3 Å². The largest absolute Gasteiger partial charge is 0.457 e. The average molecular weight is 255 g/mol. The molecule has 2 nitrogen and oxygen atoms in total. The van der Waals surface area contributed by atoms with Crippen molar-refractivity contribution in [2.45, 2.75) is 27.3 Å². The fourth-order valence-electron chi connectivity index (χ4n) is 1.94. The van der Waals surface area contributed by atoms with Crippen molar-refractivity contribution in [2.75, 3.05) is 6.54 Å². The van der Waals surface area contributed by atoms with E-state index in [9.17, 15) is 0 Å². The molecule has 19 heavy (non-hydrogen) atoms. The number of aryl methyl sites for hydroxylation is 2. The molecule has 2 aromatic rings. The normalized spacial score (nSPS) is 10.5. The number of nitrogens with one attached hydrogen (secondary N) is 1. The first-order chi connectivity index (χ1) is 9.20. The second kappa shape index (κ2) is 6.39. The van der Waals surface area contributed by atoms with Crippen LogP contribution in [0.2, 0.25) is 0 Å². The highest BCUT2D eigenvalue weighted by molar-refractivity contribution is 5.42. The van der Waals surface area contributed by atoms with E-state index in [0.717, 1.165) is 30.2 Å². The molecule has 0 saturated carbocycles. The van der Waals surface area contributed by atoms with Crippen LogP contribution in [0.15, 0.2) is 42.5 Å². The van der Waals surface area contributed by atoms with Gasteiger partial charge in [0.1, 0.15) is 11.5 Å². The lowest BCUT2D eigenvalue weighted by Gasteiger charge is -2.13. The molecule has 0 spiro atoms. The number of hydrogen-bond acceptors (Lipinski definition) is 2. The van der Waals surface area contributed by atoms with Crippen LogP contribution < -0.4 is 10.1 Å². The zero-order valence-electron chi connectivity index (χ0n) is 11.9. The number of benzene rings is 2. The van der Waals surface area contributed by atoms with E-state index in [4.69, 9.17) is 4.74 Å². The third-order valence-electron chi connectivity index (χ3n) is 3.10. The number of hydrogen-bond donors (Lipinski definition) is 1. The van der Waals surface area contributed by atoms with E-state index in [1.54, 1.807) is 0 Å². The van der Waals surface area contributed by atoms with Crippen molar-refractivity contribution < 1.29 is 4.74 Å². The van der Waals surface area contributed by atoms with Gasteiger partial charge in [0.05, 0.1) is 0 Å². The van der Waals surface area contributed by atoms with Crippen LogP contribution in [0.25, 0.3) is 0 Å². The Morgan fingerprint density at radius 1 is 1.00 bits per heavy atom. The molecular formula is C17H21NO. The van der Waals surface area contributed by atoms with Gasteiger partial charge in [-0.3, -0.25) is 0 Å². The molecule has 0 amide bonds. The van der Waals surface area contributed by atoms with Gasteiger partial charge >= 0.3 is 0 Å². The van der Waals surface area contributed by atoms with Gasteiger partial charge in [0.25, 0.3) is 0 Å². The summed E-state index contributed by atoms with van der Waals surface area (Å²) in [5.41, 5.74) is 3.55. The van der Waals surface area contributed by atoms with Crippen LogP contribution in [-0.2, 0) is 6.54 Å². The summed E-state index contributed by atoms with van der Waals surface area (Å²) in [6.07, 6.45) is 0. The topological polar surface area (TPSA) is 21.3 Å². The molecule has 0 radical (unpaired) electrons. The van der Waals surface area contributed by atoms with Crippen molar-refractivity contribution in [3.8, 4) is 11.5 Å². The maximum atomic E-state index is 6.08. The summed E-state index contributed by atoms with van der Waals surface area (Å²) >= 11 is 0. The van der Waals surface area contributed by atoms with E-state index in [1.807, 2.05) is 18.2 Å². The molecule has 0 aliphatic carbocycles. The summed E-state index contributed by atoms with van der Waals surface area (Å²) in [5.74, 6) is 1.86. The molecule has 0 unspecified atom stereocenters. The summed E-state index contributed by atoms with van der Waals surface area (Å²) in [5, 5.41) is 3.34. The Hall–Kier alpha value is -1.80. The Morgan fingerprint density at radius 2 is 1.79 bits per heavy atom. The maximum Gasteiger partial charge on any atom is 0.131 e. The van der Waals surface area contributed by atoms with Gasteiger partial charge in [0.2, 0.25) is 0 Å². The van der Waals surface area contributed by atoms with E-state index in [2.05, 4.69) is 50.4 Å². The highest BCUT2D eigenvalue weighted by Gasteiger charge is 2.06. The highest BCUT2D eigenvalue weighted by Crippen LogP contribution is 2.28. The molecular weight excluding hydrogens is 234 g/mol. The average Bonchev–Trinajstić information content (AvgIpc) is 2.42. The summed E-state index contributed by atoms with van der Waals surface area (Å²) in [6, 6.07) is 14.5. The molecule has 0 aromatic heterocycles. The van der Waals surface area contributed by atoms with Crippen LogP contribution in [0.3, 0.4) is 0 Å². The SMILES string of the molecule is CCNCc1ccccc1Oc1cc(C)ccc1C. The lowest BCUT2D eigenvalue weighted by Crippen LogP contribution is -2.12. The Morgan fingerprint density at radius 3 is 2.58 bits per heavy atom. The summed E-state index contributed by atoms with van der Waals surface area (Å²) in [4.78, 5) is 0. The van der Waals surface area contributed by atoms with Crippen molar-refractivity contribution in [3.05, 3.63) is 59.2 Å². The summed E-state index contributed by atoms with van der Waals surface area (Å²) in [6.45, 7) is 8.04. The first kappa shape index (κ1) is 13.6. The van der Waals surface area contributed by atoms with E-state index < -0.39 is 0 Å².